The van der Waals surface area contributed by atoms with Crippen LogP contribution < -0.4 is 9.47 Å². The SMILES string of the molecule is CCOc1cc(/C=C2\N=C(c3cccs3)OC2=O)cc(I)c1OCc1cccc(C)c1. The summed E-state index contributed by atoms with van der Waals surface area (Å²) in [6.45, 7) is 4.93. The molecule has 5 nitrogen and oxygen atoms in total. The maximum absolute atomic E-state index is 12.3. The summed E-state index contributed by atoms with van der Waals surface area (Å²) < 4.78 is 18.1. The Kier molecular flexibility index (Phi) is 6.72. The molecule has 0 N–H and O–H groups in total. The van der Waals surface area contributed by atoms with E-state index in [-0.39, 0.29) is 5.70 Å². The van der Waals surface area contributed by atoms with Crippen LogP contribution in [0.4, 0.5) is 0 Å². The first-order chi connectivity index (χ1) is 15.0. The number of aryl methyl sites for hydroxylation is 1. The normalized spacial score (nSPS) is 14.5. The average Bonchev–Trinajstić information content (AvgIpc) is 3.38. The van der Waals surface area contributed by atoms with Crippen LogP contribution in [0.1, 0.15) is 28.5 Å². The number of aliphatic imine (C=N–C) groups is 1. The lowest BCUT2D eigenvalue weighted by atomic mass is 10.1. The number of hydrogen-bond donors (Lipinski definition) is 0. The monoisotopic (exact) mass is 545 g/mol. The Morgan fingerprint density at radius 1 is 1.16 bits per heavy atom. The number of nitrogens with zero attached hydrogens (tertiary/aromatic N) is 1. The molecule has 0 spiro atoms. The van der Waals surface area contributed by atoms with Crippen molar-refractivity contribution in [3.8, 4) is 11.5 Å². The molecule has 1 aliphatic rings. The third kappa shape index (κ3) is 5.16. The fraction of sp³-hybridized carbons (Fsp3) is 0.167. The van der Waals surface area contributed by atoms with Gasteiger partial charge in [-0.3, -0.25) is 0 Å². The fourth-order valence-corrected chi connectivity index (χ4v) is 4.53. The molecule has 31 heavy (non-hydrogen) atoms. The highest BCUT2D eigenvalue weighted by molar-refractivity contribution is 14.1. The zero-order valence-electron chi connectivity index (χ0n) is 17.1. The molecule has 0 aliphatic carbocycles. The molecule has 0 atom stereocenters. The first kappa shape index (κ1) is 21.6. The van der Waals surface area contributed by atoms with Gasteiger partial charge in [-0.1, -0.05) is 35.9 Å². The van der Waals surface area contributed by atoms with E-state index in [1.165, 1.54) is 16.9 Å². The minimum atomic E-state index is -0.462. The number of hydrogen-bond acceptors (Lipinski definition) is 6. The molecule has 0 saturated carbocycles. The number of halogens is 1. The number of thiophene rings is 1. The number of carbonyl (C=O) groups excluding carboxylic acids is 1. The van der Waals surface area contributed by atoms with E-state index in [0.29, 0.717) is 30.6 Å². The van der Waals surface area contributed by atoms with E-state index in [4.69, 9.17) is 14.2 Å². The second-order valence-corrected chi connectivity index (χ2v) is 8.96. The Labute approximate surface area is 198 Å². The van der Waals surface area contributed by atoms with Crippen LogP contribution in [0.25, 0.3) is 6.08 Å². The van der Waals surface area contributed by atoms with E-state index < -0.39 is 5.97 Å². The van der Waals surface area contributed by atoms with Gasteiger partial charge in [-0.05, 0) is 77.2 Å². The molecular formula is C24H20INO4S. The lowest BCUT2D eigenvalue weighted by molar-refractivity contribution is -0.129. The molecule has 1 aromatic heterocycles. The summed E-state index contributed by atoms with van der Waals surface area (Å²) in [7, 11) is 0. The van der Waals surface area contributed by atoms with Crippen molar-refractivity contribution in [3.63, 3.8) is 0 Å². The van der Waals surface area contributed by atoms with Gasteiger partial charge in [0.25, 0.3) is 0 Å². The van der Waals surface area contributed by atoms with Crippen LogP contribution in [0, 0.1) is 10.5 Å². The lowest BCUT2D eigenvalue weighted by Crippen LogP contribution is -2.04. The number of esters is 1. The predicted octanol–water partition coefficient (Wildman–Crippen LogP) is 5.98. The van der Waals surface area contributed by atoms with Crippen molar-refractivity contribution >= 4 is 51.9 Å². The van der Waals surface area contributed by atoms with Crippen molar-refractivity contribution in [2.45, 2.75) is 20.5 Å². The Bertz CT molecular complexity index is 1170. The number of benzene rings is 2. The third-order valence-corrected chi connectivity index (χ3v) is 6.11. The minimum absolute atomic E-state index is 0.259. The largest absolute Gasteiger partial charge is 0.490 e. The molecule has 4 rings (SSSR count). The standard InChI is InChI=1S/C24H20INO4S/c1-3-28-20-13-17(12-19-24(27)30-23(26-19)21-8-5-9-31-21)11-18(25)22(20)29-14-16-7-4-6-15(2)10-16/h4-13H,3,14H2,1-2H3/b19-12-. The number of rotatable bonds is 7. The van der Waals surface area contributed by atoms with Gasteiger partial charge in [0.05, 0.1) is 15.1 Å². The van der Waals surface area contributed by atoms with Crippen molar-refractivity contribution in [1.29, 1.82) is 0 Å². The molecule has 0 radical (unpaired) electrons. The average molecular weight is 545 g/mol. The van der Waals surface area contributed by atoms with Crippen molar-refractivity contribution in [2.75, 3.05) is 6.61 Å². The zero-order chi connectivity index (χ0) is 21.8. The Morgan fingerprint density at radius 3 is 2.77 bits per heavy atom. The molecule has 7 heteroatoms. The van der Waals surface area contributed by atoms with Crippen molar-refractivity contribution in [2.24, 2.45) is 4.99 Å². The molecule has 0 bridgehead atoms. The van der Waals surface area contributed by atoms with Crippen LogP contribution in [-0.4, -0.2) is 18.5 Å². The quantitative estimate of drug-likeness (QED) is 0.208. The summed E-state index contributed by atoms with van der Waals surface area (Å²) in [5.74, 6) is 1.19. The maximum Gasteiger partial charge on any atom is 0.363 e. The van der Waals surface area contributed by atoms with Crippen LogP contribution in [0.15, 0.2) is 64.6 Å². The van der Waals surface area contributed by atoms with Gasteiger partial charge < -0.3 is 14.2 Å². The van der Waals surface area contributed by atoms with Gasteiger partial charge in [-0.15, -0.1) is 11.3 Å². The second-order valence-electron chi connectivity index (χ2n) is 6.85. The van der Waals surface area contributed by atoms with Gasteiger partial charge in [-0.25, -0.2) is 9.79 Å². The molecule has 0 fully saturated rings. The first-order valence-electron chi connectivity index (χ1n) is 9.74. The zero-order valence-corrected chi connectivity index (χ0v) is 20.0. The molecule has 1 aliphatic heterocycles. The lowest BCUT2D eigenvalue weighted by Gasteiger charge is -2.15. The topological polar surface area (TPSA) is 57.1 Å². The van der Waals surface area contributed by atoms with Crippen LogP contribution in [0.5, 0.6) is 11.5 Å². The van der Waals surface area contributed by atoms with E-state index in [1.54, 1.807) is 6.08 Å². The van der Waals surface area contributed by atoms with E-state index in [2.05, 4.69) is 46.6 Å². The highest BCUT2D eigenvalue weighted by Gasteiger charge is 2.25. The first-order valence-corrected chi connectivity index (χ1v) is 11.7. The van der Waals surface area contributed by atoms with Crippen LogP contribution >= 0.6 is 33.9 Å². The second kappa shape index (κ2) is 9.65. The van der Waals surface area contributed by atoms with E-state index in [1.807, 2.05) is 48.7 Å². The molecule has 0 unspecified atom stereocenters. The van der Waals surface area contributed by atoms with E-state index in [9.17, 15) is 4.79 Å². The van der Waals surface area contributed by atoms with Gasteiger partial charge in [0.1, 0.15) is 6.61 Å². The van der Waals surface area contributed by atoms with Crippen LogP contribution in [-0.2, 0) is 16.1 Å². The van der Waals surface area contributed by atoms with Crippen LogP contribution in [0.3, 0.4) is 0 Å². The summed E-state index contributed by atoms with van der Waals surface area (Å²) in [5.41, 5.74) is 3.33. The molecule has 2 aromatic carbocycles. The van der Waals surface area contributed by atoms with E-state index >= 15 is 0 Å². The number of cyclic esters (lactones) is 1. The minimum Gasteiger partial charge on any atom is -0.490 e. The maximum atomic E-state index is 12.3. The Morgan fingerprint density at radius 2 is 2.03 bits per heavy atom. The van der Waals surface area contributed by atoms with Gasteiger partial charge in [-0.2, -0.15) is 0 Å². The fourth-order valence-electron chi connectivity index (χ4n) is 3.10. The Balaban J connectivity index is 1.61. The van der Waals surface area contributed by atoms with Gasteiger partial charge in [0.2, 0.25) is 5.90 Å². The molecule has 158 valence electrons. The summed E-state index contributed by atoms with van der Waals surface area (Å²) in [4.78, 5) is 17.5. The summed E-state index contributed by atoms with van der Waals surface area (Å²) in [6, 6.07) is 15.8. The molecule has 0 amide bonds. The highest BCUT2D eigenvalue weighted by atomic mass is 127. The smallest absolute Gasteiger partial charge is 0.363 e. The predicted molar refractivity (Wildman–Crippen MR) is 131 cm³/mol. The molecule has 2 heterocycles. The van der Waals surface area contributed by atoms with Crippen LogP contribution in [0.2, 0.25) is 0 Å². The number of carbonyl (C=O) groups is 1. The van der Waals surface area contributed by atoms with Gasteiger partial charge in [0, 0.05) is 0 Å². The number of ether oxygens (including phenoxy) is 3. The molecule has 0 saturated heterocycles. The summed E-state index contributed by atoms with van der Waals surface area (Å²) in [6.07, 6.45) is 1.71. The van der Waals surface area contributed by atoms with E-state index in [0.717, 1.165) is 19.6 Å². The van der Waals surface area contributed by atoms with Crippen molar-refractivity contribution in [3.05, 3.63) is 84.7 Å². The Hall–Kier alpha value is -2.65. The molecule has 3 aromatic rings. The third-order valence-electron chi connectivity index (χ3n) is 4.45. The van der Waals surface area contributed by atoms with Gasteiger partial charge >= 0.3 is 5.97 Å². The van der Waals surface area contributed by atoms with Gasteiger partial charge in [0.15, 0.2) is 17.2 Å². The highest BCUT2D eigenvalue weighted by Crippen LogP contribution is 2.36. The van der Waals surface area contributed by atoms with Crippen molar-refractivity contribution in [1.82, 2.24) is 0 Å². The van der Waals surface area contributed by atoms with Crippen molar-refractivity contribution < 1.29 is 19.0 Å². The summed E-state index contributed by atoms with van der Waals surface area (Å²) in [5, 5.41) is 1.92. The molecular weight excluding hydrogens is 525 g/mol. The summed E-state index contributed by atoms with van der Waals surface area (Å²) >= 11 is 3.70.